The summed E-state index contributed by atoms with van der Waals surface area (Å²) in [4.78, 5) is 16.3. The number of ketones is 1. The lowest BCUT2D eigenvalue weighted by Crippen LogP contribution is -2.14. The number of carbonyl (C=O) groups excluding carboxylic acids is 1. The molecule has 0 radical (unpaired) electrons. The molecule has 0 bridgehead atoms. The zero-order chi connectivity index (χ0) is 11.1. The third kappa shape index (κ3) is 2.42. The van der Waals surface area contributed by atoms with E-state index in [0.29, 0.717) is 17.1 Å². The molecular weight excluding hydrogens is 236 g/mol. The summed E-state index contributed by atoms with van der Waals surface area (Å²) in [7, 11) is -3.56. The summed E-state index contributed by atoms with van der Waals surface area (Å²) in [6.45, 7) is 0. The van der Waals surface area contributed by atoms with Gasteiger partial charge in [0.15, 0.2) is 5.78 Å². The molecule has 5 nitrogen and oxygen atoms in total. The Balaban J connectivity index is 2.34. The van der Waals surface area contributed by atoms with Crippen LogP contribution in [0.4, 0.5) is 0 Å². The minimum Gasteiger partial charge on any atom is -0.292 e. The Morgan fingerprint density at radius 3 is 2.73 bits per heavy atom. The number of primary sulfonamides is 1. The molecule has 0 fully saturated rings. The maximum atomic E-state index is 11.4. The predicted molar refractivity (Wildman–Crippen MR) is 56.2 cm³/mol. The highest BCUT2D eigenvalue weighted by Crippen LogP contribution is 2.27. The van der Waals surface area contributed by atoms with Gasteiger partial charge in [0.1, 0.15) is 16.5 Å². The minimum absolute atomic E-state index is 0.00756. The molecule has 0 saturated carbocycles. The van der Waals surface area contributed by atoms with Crippen molar-refractivity contribution < 1.29 is 13.2 Å². The molecule has 0 atom stereocenters. The molecule has 2 N–H and O–H groups in total. The molecule has 0 spiro atoms. The van der Waals surface area contributed by atoms with E-state index in [-0.39, 0.29) is 11.5 Å². The smallest absolute Gasteiger partial charge is 0.215 e. The van der Waals surface area contributed by atoms with Crippen LogP contribution < -0.4 is 5.14 Å². The molecule has 0 amide bonds. The van der Waals surface area contributed by atoms with Crippen molar-refractivity contribution in [3.63, 3.8) is 0 Å². The number of rotatable bonds is 2. The van der Waals surface area contributed by atoms with E-state index in [1.807, 2.05) is 0 Å². The zero-order valence-corrected chi connectivity index (χ0v) is 9.53. The average Bonchev–Trinajstić information content (AvgIpc) is 2.45. The van der Waals surface area contributed by atoms with Crippen LogP contribution in [0.5, 0.6) is 0 Å². The van der Waals surface area contributed by atoms with Crippen LogP contribution in [0.25, 0.3) is 0 Å². The topological polar surface area (TPSA) is 90.1 Å². The van der Waals surface area contributed by atoms with Crippen molar-refractivity contribution in [1.82, 2.24) is 4.98 Å². The number of nitrogens with two attached hydrogens (primary N) is 1. The minimum atomic E-state index is -3.56. The molecule has 1 aliphatic rings. The molecule has 0 saturated heterocycles. The molecule has 1 aliphatic carbocycles. The fraction of sp³-hybridized carbons (Fsp3) is 0.500. The molecule has 0 aliphatic heterocycles. The number of aryl methyl sites for hydroxylation is 1. The van der Waals surface area contributed by atoms with Crippen LogP contribution in [0.1, 0.15) is 33.2 Å². The second-order valence-corrected chi connectivity index (χ2v) is 6.25. The number of thiazole rings is 1. The highest BCUT2D eigenvalue weighted by atomic mass is 32.2. The SMILES string of the molecule is NS(=O)(=O)Cc1nc2c(s1)CCCC2=O. The summed E-state index contributed by atoms with van der Waals surface area (Å²) in [6.07, 6.45) is 2.14. The summed E-state index contributed by atoms with van der Waals surface area (Å²) in [5, 5.41) is 5.33. The van der Waals surface area contributed by atoms with Gasteiger partial charge in [0, 0.05) is 11.3 Å². The maximum Gasteiger partial charge on any atom is 0.215 e. The van der Waals surface area contributed by atoms with Crippen LogP contribution in [-0.4, -0.2) is 19.2 Å². The van der Waals surface area contributed by atoms with Crippen molar-refractivity contribution in [1.29, 1.82) is 0 Å². The maximum absolute atomic E-state index is 11.4. The number of Topliss-reactive ketones (excluding diaryl/α,β-unsaturated/α-hetero) is 1. The van der Waals surface area contributed by atoms with E-state index < -0.39 is 10.0 Å². The summed E-state index contributed by atoms with van der Waals surface area (Å²) in [5.74, 6) is -0.272. The number of sulfonamides is 1. The average molecular weight is 246 g/mol. The molecule has 1 aromatic heterocycles. The monoisotopic (exact) mass is 246 g/mol. The van der Waals surface area contributed by atoms with Crippen LogP contribution in [0.3, 0.4) is 0 Å². The van der Waals surface area contributed by atoms with Crippen molar-refractivity contribution in [2.75, 3.05) is 0 Å². The van der Waals surface area contributed by atoms with Gasteiger partial charge in [-0.2, -0.15) is 0 Å². The Hall–Kier alpha value is -0.790. The summed E-state index contributed by atoms with van der Waals surface area (Å²) >= 11 is 1.27. The molecule has 1 heterocycles. The third-order valence-electron chi connectivity index (χ3n) is 2.14. The Morgan fingerprint density at radius 1 is 1.40 bits per heavy atom. The normalized spacial score (nSPS) is 16.5. The van der Waals surface area contributed by atoms with E-state index in [1.165, 1.54) is 11.3 Å². The number of nitrogens with zero attached hydrogens (tertiary/aromatic N) is 1. The predicted octanol–water partition coefficient (Wildman–Crippen LogP) is 0.451. The number of hydrogen-bond acceptors (Lipinski definition) is 5. The van der Waals surface area contributed by atoms with Gasteiger partial charge in [-0.1, -0.05) is 0 Å². The first-order valence-corrected chi connectivity index (χ1v) is 7.01. The largest absolute Gasteiger partial charge is 0.292 e. The molecule has 15 heavy (non-hydrogen) atoms. The van der Waals surface area contributed by atoms with Gasteiger partial charge in [0.25, 0.3) is 0 Å². The zero-order valence-electron chi connectivity index (χ0n) is 7.89. The molecule has 7 heteroatoms. The van der Waals surface area contributed by atoms with E-state index in [4.69, 9.17) is 5.14 Å². The van der Waals surface area contributed by atoms with Gasteiger partial charge >= 0.3 is 0 Å². The van der Waals surface area contributed by atoms with Crippen molar-refractivity contribution in [2.24, 2.45) is 5.14 Å². The van der Waals surface area contributed by atoms with Gasteiger partial charge in [-0.05, 0) is 12.8 Å². The number of aromatic nitrogens is 1. The van der Waals surface area contributed by atoms with Gasteiger partial charge in [-0.15, -0.1) is 11.3 Å². The second kappa shape index (κ2) is 3.66. The molecule has 0 unspecified atom stereocenters. The van der Waals surface area contributed by atoms with Crippen LogP contribution in [-0.2, 0) is 22.2 Å². The Labute approximate surface area is 91.4 Å². The first kappa shape index (κ1) is 10.7. The van der Waals surface area contributed by atoms with Crippen LogP contribution >= 0.6 is 11.3 Å². The first-order chi connectivity index (χ1) is 6.96. The van der Waals surface area contributed by atoms with Crippen LogP contribution in [0.15, 0.2) is 0 Å². The van der Waals surface area contributed by atoms with Crippen molar-refractivity contribution in [3.05, 3.63) is 15.6 Å². The Kier molecular flexibility index (Phi) is 2.61. The van der Waals surface area contributed by atoms with Crippen LogP contribution in [0.2, 0.25) is 0 Å². The summed E-state index contributed by atoms with van der Waals surface area (Å²) in [5.41, 5.74) is 0.449. The lowest BCUT2D eigenvalue weighted by molar-refractivity contribution is 0.0968. The molecule has 0 aromatic carbocycles. The van der Waals surface area contributed by atoms with Gasteiger partial charge < -0.3 is 0 Å². The number of carbonyl (C=O) groups is 1. The fourth-order valence-corrected chi connectivity index (χ4v) is 3.61. The van der Waals surface area contributed by atoms with Crippen LogP contribution in [0, 0.1) is 0 Å². The van der Waals surface area contributed by atoms with E-state index in [1.54, 1.807) is 0 Å². The standard InChI is InChI=1S/C8H10N2O3S2/c9-15(12,13)4-7-10-8-5(11)2-1-3-6(8)14-7/h1-4H2,(H2,9,12,13). The van der Waals surface area contributed by atoms with Gasteiger partial charge in [0.2, 0.25) is 10.0 Å². The lowest BCUT2D eigenvalue weighted by Gasteiger charge is -2.06. The van der Waals surface area contributed by atoms with Crippen molar-refractivity contribution in [3.8, 4) is 0 Å². The Bertz CT molecular complexity index is 504. The number of fused-ring (bicyclic) bond motifs is 1. The van der Waals surface area contributed by atoms with E-state index in [2.05, 4.69) is 4.98 Å². The molecule has 2 rings (SSSR count). The van der Waals surface area contributed by atoms with E-state index in [9.17, 15) is 13.2 Å². The second-order valence-electron chi connectivity index (χ2n) is 3.46. The highest BCUT2D eigenvalue weighted by Gasteiger charge is 2.23. The van der Waals surface area contributed by atoms with Crippen molar-refractivity contribution >= 4 is 27.1 Å². The fourth-order valence-electron chi connectivity index (χ4n) is 1.55. The summed E-state index contributed by atoms with van der Waals surface area (Å²) < 4.78 is 21.7. The number of hydrogen-bond donors (Lipinski definition) is 1. The van der Waals surface area contributed by atoms with Gasteiger partial charge in [0.05, 0.1) is 0 Å². The summed E-state index contributed by atoms with van der Waals surface area (Å²) in [6, 6.07) is 0. The lowest BCUT2D eigenvalue weighted by atomic mass is 10.0. The molecule has 1 aromatic rings. The van der Waals surface area contributed by atoms with E-state index >= 15 is 0 Å². The molecular formula is C8H10N2O3S2. The first-order valence-electron chi connectivity index (χ1n) is 4.48. The van der Waals surface area contributed by atoms with Gasteiger partial charge in [-0.25, -0.2) is 18.5 Å². The quantitative estimate of drug-likeness (QED) is 0.820. The van der Waals surface area contributed by atoms with Gasteiger partial charge in [-0.3, -0.25) is 4.79 Å². The third-order valence-corrected chi connectivity index (χ3v) is 4.11. The Morgan fingerprint density at radius 2 is 2.13 bits per heavy atom. The van der Waals surface area contributed by atoms with Crippen molar-refractivity contribution in [2.45, 2.75) is 25.0 Å². The molecule has 82 valence electrons. The highest BCUT2D eigenvalue weighted by molar-refractivity contribution is 7.88. The van der Waals surface area contributed by atoms with E-state index in [0.717, 1.165) is 17.7 Å².